The fourth-order valence-corrected chi connectivity index (χ4v) is 4.14. The van der Waals surface area contributed by atoms with Crippen LogP contribution in [0.5, 0.6) is 5.75 Å². The Kier molecular flexibility index (Phi) is 5.76. The molecular formula is C20H16Br2O3. The number of hydrogen-bond donors (Lipinski definition) is 1. The van der Waals surface area contributed by atoms with E-state index >= 15 is 0 Å². The van der Waals surface area contributed by atoms with Crippen molar-refractivity contribution in [2.75, 3.05) is 0 Å². The molecule has 3 aromatic rings. The highest BCUT2D eigenvalue weighted by atomic mass is 79.9. The van der Waals surface area contributed by atoms with Gasteiger partial charge in [-0.15, -0.1) is 0 Å². The number of carbonyl (C=O) groups is 1. The predicted octanol–water partition coefficient (Wildman–Crippen LogP) is 5.96. The third kappa shape index (κ3) is 4.61. The summed E-state index contributed by atoms with van der Waals surface area (Å²) in [6.45, 7) is 0.455. The SMILES string of the molecule is O=C(O)CCc1cc(Br)c(OCc2ccc3ccccc3c2)c(Br)c1. The molecule has 0 atom stereocenters. The van der Waals surface area contributed by atoms with Gasteiger partial charge in [0.2, 0.25) is 0 Å². The van der Waals surface area contributed by atoms with Crippen molar-refractivity contribution in [2.45, 2.75) is 19.4 Å². The molecule has 0 saturated carbocycles. The van der Waals surface area contributed by atoms with Gasteiger partial charge in [-0.05, 0) is 78.4 Å². The second kappa shape index (κ2) is 8.02. The van der Waals surface area contributed by atoms with E-state index in [1.807, 2.05) is 24.3 Å². The van der Waals surface area contributed by atoms with Crippen LogP contribution in [-0.4, -0.2) is 11.1 Å². The number of aliphatic carboxylic acids is 1. The number of halogens is 2. The van der Waals surface area contributed by atoms with Gasteiger partial charge in [-0.3, -0.25) is 4.79 Å². The van der Waals surface area contributed by atoms with Gasteiger partial charge in [0.25, 0.3) is 0 Å². The monoisotopic (exact) mass is 462 g/mol. The molecule has 0 fully saturated rings. The summed E-state index contributed by atoms with van der Waals surface area (Å²) in [5.41, 5.74) is 2.03. The highest BCUT2D eigenvalue weighted by Crippen LogP contribution is 2.35. The molecule has 0 aromatic heterocycles. The number of carboxylic acids is 1. The van der Waals surface area contributed by atoms with Crippen LogP contribution in [0, 0.1) is 0 Å². The van der Waals surface area contributed by atoms with Crippen molar-refractivity contribution in [3.8, 4) is 5.75 Å². The van der Waals surface area contributed by atoms with Crippen LogP contribution in [0.1, 0.15) is 17.5 Å². The summed E-state index contributed by atoms with van der Waals surface area (Å²) in [7, 11) is 0. The maximum atomic E-state index is 10.7. The Morgan fingerprint density at radius 3 is 2.28 bits per heavy atom. The number of aryl methyl sites for hydroxylation is 1. The first-order valence-corrected chi connectivity index (χ1v) is 9.42. The number of fused-ring (bicyclic) bond motifs is 1. The smallest absolute Gasteiger partial charge is 0.303 e. The van der Waals surface area contributed by atoms with Gasteiger partial charge in [-0.1, -0.05) is 36.4 Å². The molecule has 0 spiro atoms. The lowest BCUT2D eigenvalue weighted by Crippen LogP contribution is -2.00. The van der Waals surface area contributed by atoms with Crippen LogP contribution in [0.3, 0.4) is 0 Å². The van der Waals surface area contributed by atoms with E-state index in [1.54, 1.807) is 0 Å². The third-order valence-electron chi connectivity index (χ3n) is 3.88. The Morgan fingerprint density at radius 1 is 0.920 bits per heavy atom. The van der Waals surface area contributed by atoms with Gasteiger partial charge < -0.3 is 9.84 Å². The van der Waals surface area contributed by atoms with Crippen LogP contribution in [0.2, 0.25) is 0 Å². The van der Waals surface area contributed by atoms with E-state index in [2.05, 4.69) is 62.2 Å². The fraction of sp³-hybridized carbons (Fsp3) is 0.150. The molecule has 25 heavy (non-hydrogen) atoms. The van der Waals surface area contributed by atoms with E-state index < -0.39 is 5.97 Å². The second-order valence-electron chi connectivity index (χ2n) is 5.75. The molecule has 1 N–H and O–H groups in total. The van der Waals surface area contributed by atoms with Crippen LogP contribution in [-0.2, 0) is 17.8 Å². The van der Waals surface area contributed by atoms with E-state index in [1.165, 1.54) is 10.8 Å². The number of ether oxygens (including phenoxy) is 1. The summed E-state index contributed by atoms with van der Waals surface area (Å²) >= 11 is 7.03. The van der Waals surface area contributed by atoms with Crippen LogP contribution in [0.15, 0.2) is 63.5 Å². The average molecular weight is 464 g/mol. The Balaban J connectivity index is 1.74. The molecule has 0 aliphatic heterocycles. The molecular weight excluding hydrogens is 448 g/mol. The van der Waals surface area contributed by atoms with Crippen molar-refractivity contribution in [3.05, 3.63) is 74.7 Å². The molecule has 3 rings (SSSR count). The van der Waals surface area contributed by atoms with E-state index in [4.69, 9.17) is 9.84 Å². The molecule has 5 heteroatoms. The van der Waals surface area contributed by atoms with Crippen molar-refractivity contribution >= 4 is 48.6 Å². The summed E-state index contributed by atoms with van der Waals surface area (Å²) in [5.74, 6) is -0.0869. The van der Waals surface area contributed by atoms with Gasteiger partial charge in [0.05, 0.1) is 8.95 Å². The molecule has 3 aromatic carbocycles. The van der Waals surface area contributed by atoms with Gasteiger partial charge in [0, 0.05) is 6.42 Å². The molecule has 0 bridgehead atoms. The lowest BCUT2D eigenvalue weighted by molar-refractivity contribution is -0.136. The standard InChI is InChI=1S/C20H16Br2O3/c21-17-10-13(6-8-19(23)24)11-18(22)20(17)25-12-14-5-7-15-3-1-2-4-16(15)9-14/h1-5,7,9-11H,6,8,12H2,(H,23,24). The summed E-state index contributed by atoms with van der Waals surface area (Å²) in [6, 6.07) is 18.3. The lowest BCUT2D eigenvalue weighted by atomic mass is 10.1. The minimum atomic E-state index is -0.802. The van der Waals surface area contributed by atoms with E-state index in [9.17, 15) is 4.79 Å². The quantitative estimate of drug-likeness (QED) is 0.490. The predicted molar refractivity (Wildman–Crippen MR) is 106 cm³/mol. The molecule has 0 unspecified atom stereocenters. The van der Waals surface area contributed by atoms with Gasteiger partial charge in [-0.2, -0.15) is 0 Å². The van der Waals surface area contributed by atoms with Crippen LogP contribution < -0.4 is 4.74 Å². The Labute approximate surface area is 162 Å². The average Bonchev–Trinajstić information content (AvgIpc) is 2.59. The molecule has 0 heterocycles. The molecule has 0 saturated heterocycles. The molecule has 128 valence electrons. The Hall–Kier alpha value is -1.85. The number of rotatable bonds is 6. The van der Waals surface area contributed by atoms with Gasteiger partial charge in [0.1, 0.15) is 12.4 Å². The third-order valence-corrected chi connectivity index (χ3v) is 5.06. The summed E-state index contributed by atoms with van der Waals surface area (Å²) < 4.78 is 7.59. The zero-order chi connectivity index (χ0) is 17.8. The highest BCUT2D eigenvalue weighted by Gasteiger charge is 2.10. The van der Waals surface area contributed by atoms with E-state index in [0.29, 0.717) is 18.8 Å². The van der Waals surface area contributed by atoms with Crippen molar-refractivity contribution in [1.29, 1.82) is 0 Å². The molecule has 0 radical (unpaired) electrons. The zero-order valence-electron chi connectivity index (χ0n) is 13.3. The topological polar surface area (TPSA) is 46.5 Å². The molecule has 0 amide bonds. The normalized spacial score (nSPS) is 10.8. The Bertz CT molecular complexity index is 899. The summed E-state index contributed by atoms with van der Waals surface area (Å²) in [5, 5.41) is 11.2. The van der Waals surface area contributed by atoms with Crippen molar-refractivity contribution in [1.82, 2.24) is 0 Å². The van der Waals surface area contributed by atoms with Crippen LogP contribution in [0.25, 0.3) is 10.8 Å². The van der Waals surface area contributed by atoms with Crippen LogP contribution >= 0.6 is 31.9 Å². The summed E-state index contributed by atoms with van der Waals surface area (Å²) in [6.07, 6.45) is 0.591. The van der Waals surface area contributed by atoms with Crippen LogP contribution in [0.4, 0.5) is 0 Å². The van der Waals surface area contributed by atoms with Gasteiger partial charge >= 0.3 is 5.97 Å². The van der Waals surface area contributed by atoms with Gasteiger partial charge in [0.15, 0.2) is 0 Å². The largest absolute Gasteiger partial charge is 0.487 e. The van der Waals surface area contributed by atoms with Gasteiger partial charge in [-0.25, -0.2) is 0 Å². The number of benzene rings is 3. The van der Waals surface area contributed by atoms with Crippen molar-refractivity contribution < 1.29 is 14.6 Å². The molecule has 3 nitrogen and oxygen atoms in total. The fourth-order valence-electron chi connectivity index (χ4n) is 2.63. The van der Waals surface area contributed by atoms with Crippen molar-refractivity contribution in [3.63, 3.8) is 0 Å². The first-order valence-electron chi connectivity index (χ1n) is 7.83. The van der Waals surface area contributed by atoms with E-state index in [-0.39, 0.29) is 6.42 Å². The maximum absolute atomic E-state index is 10.7. The zero-order valence-corrected chi connectivity index (χ0v) is 16.5. The highest BCUT2D eigenvalue weighted by molar-refractivity contribution is 9.11. The van der Waals surface area contributed by atoms with E-state index in [0.717, 1.165) is 20.1 Å². The molecule has 0 aliphatic carbocycles. The first kappa shape index (κ1) is 18.0. The second-order valence-corrected chi connectivity index (χ2v) is 7.46. The van der Waals surface area contributed by atoms with Crippen molar-refractivity contribution in [2.24, 2.45) is 0 Å². The number of carboxylic acid groups (broad SMARTS) is 1. The minimum Gasteiger partial charge on any atom is -0.487 e. The summed E-state index contributed by atoms with van der Waals surface area (Å²) in [4.78, 5) is 10.7. The lowest BCUT2D eigenvalue weighted by Gasteiger charge is -2.13. The first-order chi connectivity index (χ1) is 12.0. The minimum absolute atomic E-state index is 0.107. The number of hydrogen-bond acceptors (Lipinski definition) is 2. The Morgan fingerprint density at radius 2 is 1.60 bits per heavy atom. The molecule has 0 aliphatic rings. The maximum Gasteiger partial charge on any atom is 0.303 e.